The number of carbonyl (C=O) groups is 1. The zero-order valence-corrected chi connectivity index (χ0v) is 11.5. The van der Waals surface area contributed by atoms with E-state index in [4.69, 9.17) is 5.11 Å². The number of fused-ring (bicyclic) bond motifs is 1. The smallest absolute Gasteiger partial charge is 0.337 e. The van der Waals surface area contributed by atoms with Crippen molar-refractivity contribution in [3.63, 3.8) is 0 Å². The minimum atomic E-state index is -1.07. The van der Waals surface area contributed by atoms with E-state index in [1.807, 2.05) is 0 Å². The van der Waals surface area contributed by atoms with Crippen molar-refractivity contribution in [3.05, 3.63) is 52.4 Å². The second-order valence-electron chi connectivity index (χ2n) is 4.10. The van der Waals surface area contributed by atoms with Crippen molar-refractivity contribution >= 4 is 27.5 Å². The van der Waals surface area contributed by atoms with Crippen molar-refractivity contribution in [2.24, 2.45) is 0 Å². The maximum atomic E-state index is 14.0. The van der Waals surface area contributed by atoms with Crippen molar-refractivity contribution in [1.29, 1.82) is 0 Å². The number of rotatable bonds is 2. The maximum Gasteiger partial charge on any atom is 0.337 e. The van der Waals surface area contributed by atoms with Gasteiger partial charge in [-0.3, -0.25) is 4.40 Å². The molecule has 7 heteroatoms. The molecular weight excluding hydrogens is 329 g/mol. The quantitative estimate of drug-likeness (QED) is 0.781. The van der Waals surface area contributed by atoms with Crippen LogP contribution in [0.25, 0.3) is 17.0 Å². The summed E-state index contributed by atoms with van der Waals surface area (Å²) >= 11 is 3.18. The first-order chi connectivity index (χ1) is 9.56. The third-order valence-corrected chi connectivity index (χ3v) is 3.31. The maximum absolute atomic E-state index is 14.0. The van der Waals surface area contributed by atoms with Gasteiger partial charge in [0.2, 0.25) is 0 Å². The average molecular weight is 336 g/mol. The lowest BCUT2D eigenvalue weighted by Crippen LogP contribution is -2.00. The molecule has 0 spiro atoms. The van der Waals surface area contributed by atoms with Crippen LogP contribution in [0.15, 0.2) is 41.0 Å². The molecule has 1 N–H and O–H groups in total. The molecular formula is C13H7BrFN3O2. The Kier molecular flexibility index (Phi) is 2.98. The molecule has 0 aliphatic heterocycles. The van der Waals surface area contributed by atoms with Crippen molar-refractivity contribution in [2.45, 2.75) is 0 Å². The summed E-state index contributed by atoms with van der Waals surface area (Å²) in [4.78, 5) is 11.0. The molecule has 0 atom stereocenters. The zero-order valence-electron chi connectivity index (χ0n) is 9.92. The Balaban J connectivity index is 2.25. The standard InChI is InChI=1S/C13H7BrFN3O2/c14-8-2-3-9(10(15)5-8)12-17-16-11-4-1-7(13(19)20)6-18(11)12/h1-6H,(H,19,20). The van der Waals surface area contributed by atoms with E-state index in [2.05, 4.69) is 26.1 Å². The fourth-order valence-corrected chi connectivity index (χ4v) is 2.20. The number of carboxylic acid groups (broad SMARTS) is 1. The highest BCUT2D eigenvalue weighted by atomic mass is 79.9. The zero-order chi connectivity index (χ0) is 14.3. The molecule has 1 aromatic carbocycles. The molecule has 0 saturated carbocycles. The van der Waals surface area contributed by atoms with Crippen LogP contribution in [0.3, 0.4) is 0 Å². The van der Waals surface area contributed by atoms with Crippen LogP contribution in [-0.4, -0.2) is 25.7 Å². The van der Waals surface area contributed by atoms with Crippen LogP contribution in [0.5, 0.6) is 0 Å². The fraction of sp³-hybridized carbons (Fsp3) is 0. The number of nitrogens with zero attached hydrogens (tertiary/aromatic N) is 3. The molecule has 5 nitrogen and oxygen atoms in total. The van der Waals surface area contributed by atoms with Gasteiger partial charge in [-0.15, -0.1) is 10.2 Å². The third kappa shape index (κ3) is 2.05. The number of carboxylic acids is 1. The van der Waals surface area contributed by atoms with Crippen molar-refractivity contribution in [1.82, 2.24) is 14.6 Å². The van der Waals surface area contributed by atoms with Gasteiger partial charge in [0.15, 0.2) is 11.5 Å². The molecule has 2 heterocycles. The van der Waals surface area contributed by atoms with Gasteiger partial charge in [0, 0.05) is 10.7 Å². The molecule has 0 saturated heterocycles. The van der Waals surface area contributed by atoms with E-state index in [1.165, 1.54) is 28.8 Å². The van der Waals surface area contributed by atoms with Crippen molar-refractivity contribution < 1.29 is 14.3 Å². The summed E-state index contributed by atoms with van der Waals surface area (Å²) in [5, 5.41) is 16.8. The Morgan fingerprint density at radius 1 is 1.25 bits per heavy atom. The number of aromatic nitrogens is 3. The topological polar surface area (TPSA) is 67.5 Å². The Morgan fingerprint density at radius 3 is 2.75 bits per heavy atom. The van der Waals surface area contributed by atoms with Gasteiger partial charge in [0.05, 0.1) is 11.1 Å². The van der Waals surface area contributed by atoms with E-state index in [1.54, 1.807) is 12.1 Å². The molecule has 0 amide bonds. The van der Waals surface area contributed by atoms with Gasteiger partial charge < -0.3 is 5.11 Å². The number of pyridine rings is 1. The lowest BCUT2D eigenvalue weighted by molar-refractivity contribution is 0.0696. The molecule has 20 heavy (non-hydrogen) atoms. The van der Waals surface area contributed by atoms with E-state index in [0.29, 0.717) is 10.1 Å². The lowest BCUT2D eigenvalue weighted by atomic mass is 10.2. The van der Waals surface area contributed by atoms with Gasteiger partial charge in [-0.2, -0.15) is 0 Å². The molecule has 3 aromatic rings. The number of hydrogen-bond acceptors (Lipinski definition) is 3. The van der Waals surface area contributed by atoms with Crippen LogP contribution >= 0.6 is 15.9 Å². The van der Waals surface area contributed by atoms with Crippen LogP contribution in [0, 0.1) is 5.82 Å². The normalized spacial score (nSPS) is 10.9. The van der Waals surface area contributed by atoms with Gasteiger partial charge in [0.1, 0.15) is 5.82 Å². The first kappa shape index (κ1) is 12.7. The fourth-order valence-electron chi connectivity index (χ4n) is 1.87. The second-order valence-corrected chi connectivity index (χ2v) is 5.01. The summed E-state index contributed by atoms with van der Waals surface area (Å²) in [5.41, 5.74) is 0.784. The van der Waals surface area contributed by atoms with Crippen molar-refractivity contribution in [3.8, 4) is 11.4 Å². The molecule has 3 rings (SSSR count). The van der Waals surface area contributed by atoms with Gasteiger partial charge in [0.25, 0.3) is 0 Å². The molecule has 0 unspecified atom stereocenters. The number of hydrogen-bond donors (Lipinski definition) is 1. The van der Waals surface area contributed by atoms with E-state index >= 15 is 0 Å². The van der Waals surface area contributed by atoms with Crippen LogP contribution in [-0.2, 0) is 0 Å². The summed E-state index contributed by atoms with van der Waals surface area (Å²) in [6.45, 7) is 0. The Bertz CT molecular complexity index is 832. The van der Waals surface area contributed by atoms with Gasteiger partial charge in [-0.25, -0.2) is 9.18 Å². The summed E-state index contributed by atoms with van der Waals surface area (Å²) < 4.78 is 16.0. The Hall–Kier alpha value is -2.28. The SMILES string of the molecule is O=C(O)c1ccc2nnc(-c3ccc(Br)cc3F)n2c1. The number of halogens is 2. The van der Waals surface area contributed by atoms with Gasteiger partial charge in [-0.1, -0.05) is 15.9 Å². The summed E-state index contributed by atoms with van der Waals surface area (Å²) in [5.74, 6) is -1.27. The van der Waals surface area contributed by atoms with Crippen LogP contribution in [0.2, 0.25) is 0 Å². The highest BCUT2D eigenvalue weighted by Gasteiger charge is 2.14. The van der Waals surface area contributed by atoms with E-state index in [-0.39, 0.29) is 17.0 Å². The largest absolute Gasteiger partial charge is 0.478 e. The van der Waals surface area contributed by atoms with Gasteiger partial charge >= 0.3 is 5.97 Å². The predicted octanol–water partition coefficient (Wildman–Crippen LogP) is 3.00. The van der Waals surface area contributed by atoms with Crippen LogP contribution < -0.4 is 0 Å². The summed E-state index contributed by atoms with van der Waals surface area (Å²) in [6, 6.07) is 7.51. The second kappa shape index (κ2) is 4.68. The minimum Gasteiger partial charge on any atom is -0.478 e. The van der Waals surface area contributed by atoms with Crippen LogP contribution in [0.1, 0.15) is 10.4 Å². The summed E-state index contributed by atoms with van der Waals surface area (Å²) in [7, 11) is 0. The Morgan fingerprint density at radius 2 is 2.05 bits per heavy atom. The average Bonchev–Trinajstić information content (AvgIpc) is 2.81. The van der Waals surface area contributed by atoms with E-state index in [9.17, 15) is 9.18 Å². The highest BCUT2D eigenvalue weighted by molar-refractivity contribution is 9.10. The molecule has 0 fully saturated rings. The first-order valence-electron chi connectivity index (χ1n) is 5.60. The Labute approximate surface area is 120 Å². The van der Waals surface area contributed by atoms with Crippen molar-refractivity contribution in [2.75, 3.05) is 0 Å². The third-order valence-electron chi connectivity index (χ3n) is 2.82. The number of benzene rings is 1. The molecule has 0 aliphatic carbocycles. The molecule has 2 aromatic heterocycles. The number of aromatic carboxylic acids is 1. The first-order valence-corrected chi connectivity index (χ1v) is 6.39. The van der Waals surface area contributed by atoms with Crippen LogP contribution in [0.4, 0.5) is 4.39 Å². The molecule has 0 bridgehead atoms. The lowest BCUT2D eigenvalue weighted by Gasteiger charge is -2.03. The summed E-state index contributed by atoms with van der Waals surface area (Å²) in [6.07, 6.45) is 1.37. The highest BCUT2D eigenvalue weighted by Crippen LogP contribution is 2.24. The minimum absolute atomic E-state index is 0.0797. The monoisotopic (exact) mass is 335 g/mol. The molecule has 0 radical (unpaired) electrons. The van der Waals surface area contributed by atoms with E-state index in [0.717, 1.165) is 0 Å². The van der Waals surface area contributed by atoms with Gasteiger partial charge in [-0.05, 0) is 30.3 Å². The predicted molar refractivity (Wildman–Crippen MR) is 73.0 cm³/mol. The molecule has 0 aliphatic rings. The van der Waals surface area contributed by atoms with E-state index < -0.39 is 11.8 Å². The molecule has 100 valence electrons.